The fraction of sp³-hybridized carbons (Fsp3) is 0.222. The van der Waals surface area contributed by atoms with Crippen LogP contribution < -0.4 is 16.6 Å². The number of sulfonamides is 1. The van der Waals surface area contributed by atoms with E-state index in [0.717, 1.165) is 8.87 Å². The van der Waals surface area contributed by atoms with E-state index in [9.17, 15) is 22.8 Å². The van der Waals surface area contributed by atoms with Crippen LogP contribution in [0.25, 0.3) is 11.0 Å². The van der Waals surface area contributed by atoms with E-state index in [1.165, 1.54) is 69.3 Å². The molecule has 0 radical (unpaired) electrons. The van der Waals surface area contributed by atoms with Crippen molar-refractivity contribution in [3.63, 3.8) is 0 Å². The van der Waals surface area contributed by atoms with Gasteiger partial charge in [-0.3, -0.25) is 18.7 Å². The molecule has 152 valence electrons. The first-order valence-corrected chi connectivity index (χ1v) is 9.88. The van der Waals surface area contributed by atoms with Crippen LogP contribution in [0.4, 0.5) is 5.69 Å². The minimum atomic E-state index is -3.61. The average Bonchev–Trinajstić information content (AvgIpc) is 2.70. The Morgan fingerprint density at radius 2 is 1.66 bits per heavy atom. The van der Waals surface area contributed by atoms with E-state index in [4.69, 9.17) is 0 Å². The highest BCUT2D eigenvalue weighted by molar-refractivity contribution is 7.89. The molecule has 0 bridgehead atoms. The van der Waals surface area contributed by atoms with Crippen LogP contribution in [0.3, 0.4) is 0 Å². The molecule has 1 amide bonds. The summed E-state index contributed by atoms with van der Waals surface area (Å²) in [5.41, 5.74) is -0.575. The Morgan fingerprint density at radius 1 is 1.03 bits per heavy atom. The summed E-state index contributed by atoms with van der Waals surface area (Å²) in [5.74, 6) is -0.540. The zero-order chi connectivity index (χ0) is 21.5. The van der Waals surface area contributed by atoms with Crippen molar-refractivity contribution in [2.24, 2.45) is 14.1 Å². The molecule has 0 fully saturated rings. The lowest BCUT2D eigenvalue weighted by molar-refractivity contribution is 0.102. The van der Waals surface area contributed by atoms with Gasteiger partial charge in [-0.2, -0.15) is 0 Å². The minimum Gasteiger partial charge on any atom is -0.321 e. The molecule has 1 aromatic carbocycles. The van der Waals surface area contributed by atoms with Gasteiger partial charge in [0, 0.05) is 40.0 Å². The minimum absolute atomic E-state index is 0.0530. The van der Waals surface area contributed by atoms with Crippen LogP contribution in [0.1, 0.15) is 10.4 Å². The predicted octanol–water partition coefficient (Wildman–Crippen LogP) is 0.135. The number of aryl methyl sites for hydroxylation is 1. The zero-order valence-electron chi connectivity index (χ0n) is 16.2. The van der Waals surface area contributed by atoms with Gasteiger partial charge in [0.25, 0.3) is 11.5 Å². The maximum absolute atomic E-state index is 12.6. The van der Waals surface area contributed by atoms with Gasteiger partial charge in [0.05, 0.1) is 10.6 Å². The van der Waals surface area contributed by atoms with Crippen LogP contribution in [0.5, 0.6) is 0 Å². The number of fused-ring (bicyclic) bond motifs is 1. The molecule has 3 aromatic rings. The highest BCUT2D eigenvalue weighted by atomic mass is 32.2. The van der Waals surface area contributed by atoms with Crippen molar-refractivity contribution in [2.75, 3.05) is 19.4 Å². The molecule has 0 aliphatic rings. The third-order valence-corrected chi connectivity index (χ3v) is 6.31. The third-order valence-electron chi connectivity index (χ3n) is 4.48. The Morgan fingerprint density at radius 3 is 2.24 bits per heavy atom. The maximum atomic E-state index is 12.6. The van der Waals surface area contributed by atoms with Crippen molar-refractivity contribution in [1.82, 2.24) is 18.4 Å². The summed E-state index contributed by atoms with van der Waals surface area (Å²) in [6.07, 6.45) is 1.38. The van der Waals surface area contributed by atoms with Gasteiger partial charge in [0.1, 0.15) is 5.39 Å². The smallest absolute Gasteiger partial charge is 0.321 e. The summed E-state index contributed by atoms with van der Waals surface area (Å²) >= 11 is 0. The number of amides is 1. The normalized spacial score (nSPS) is 11.8. The SMILES string of the molecule is CN(C)S(=O)(=O)c1ccc(C(=O)Nc2ccnc3c2c(=O)n(C)c(=O)n3C)cc1. The molecular formula is C18H19N5O5S. The Balaban J connectivity index is 2.01. The highest BCUT2D eigenvalue weighted by Gasteiger charge is 2.19. The van der Waals surface area contributed by atoms with E-state index >= 15 is 0 Å². The van der Waals surface area contributed by atoms with E-state index in [1.54, 1.807) is 0 Å². The molecule has 11 heteroatoms. The van der Waals surface area contributed by atoms with Crippen molar-refractivity contribution in [2.45, 2.75) is 4.90 Å². The summed E-state index contributed by atoms with van der Waals surface area (Å²) in [4.78, 5) is 41.4. The highest BCUT2D eigenvalue weighted by Crippen LogP contribution is 2.19. The van der Waals surface area contributed by atoms with Crippen molar-refractivity contribution in [3.8, 4) is 0 Å². The van der Waals surface area contributed by atoms with E-state index in [0.29, 0.717) is 0 Å². The summed E-state index contributed by atoms with van der Waals surface area (Å²) in [6, 6.07) is 6.87. The molecule has 0 unspecified atom stereocenters. The summed E-state index contributed by atoms with van der Waals surface area (Å²) < 4.78 is 27.5. The lowest BCUT2D eigenvalue weighted by atomic mass is 10.2. The Hall–Kier alpha value is -3.31. The quantitative estimate of drug-likeness (QED) is 0.644. The van der Waals surface area contributed by atoms with E-state index in [2.05, 4.69) is 10.3 Å². The molecule has 2 heterocycles. The van der Waals surface area contributed by atoms with Crippen molar-refractivity contribution < 1.29 is 13.2 Å². The number of rotatable bonds is 4. The number of carbonyl (C=O) groups is 1. The Kier molecular flexibility index (Phi) is 5.11. The topological polar surface area (TPSA) is 123 Å². The van der Waals surface area contributed by atoms with Crippen LogP contribution in [0.15, 0.2) is 51.0 Å². The fourth-order valence-electron chi connectivity index (χ4n) is 2.77. The molecule has 29 heavy (non-hydrogen) atoms. The molecular weight excluding hydrogens is 398 g/mol. The second-order valence-corrected chi connectivity index (χ2v) is 8.68. The number of nitrogens with one attached hydrogen (secondary N) is 1. The van der Waals surface area contributed by atoms with Crippen LogP contribution >= 0.6 is 0 Å². The second-order valence-electron chi connectivity index (χ2n) is 6.53. The first kappa shape index (κ1) is 20.4. The van der Waals surface area contributed by atoms with Gasteiger partial charge in [-0.25, -0.2) is 22.5 Å². The number of pyridine rings is 1. The van der Waals surface area contributed by atoms with Crippen LogP contribution in [0.2, 0.25) is 0 Å². The van der Waals surface area contributed by atoms with E-state index in [1.807, 2.05) is 0 Å². The second kappa shape index (κ2) is 7.26. The standard InChI is InChI=1S/C18H19N5O5S/c1-21(2)29(27,28)12-7-5-11(6-8-12)16(24)20-13-9-10-19-15-14(13)17(25)23(4)18(26)22(15)3/h5-10H,1-4H3,(H,19,20,24). The predicted molar refractivity (Wildman–Crippen MR) is 107 cm³/mol. The van der Waals surface area contributed by atoms with Crippen molar-refractivity contribution in [3.05, 3.63) is 62.9 Å². The first-order chi connectivity index (χ1) is 13.6. The first-order valence-electron chi connectivity index (χ1n) is 8.44. The third kappa shape index (κ3) is 3.45. The Labute approximate surface area is 166 Å². The van der Waals surface area contributed by atoms with Gasteiger partial charge >= 0.3 is 5.69 Å². The monoisotopic (exact) mass is 417 g/mol. The molecule has 2 aromatic heterocycles. The lowest BCUT2D eigenvalue weighted by Gasteiger charge is -2.13. The van der Waals surface area contributed by atoms with Gasteiger partial charge < -0.3 is 5.32 Å². The number of nitrogens with zero attached hydrogens (tertiary/aromatic N) is 4. The van der Waals surface area contributed by atoms with Gasteiger partial charge in [0.2, 0.25) is 10.0 Å². The molecule has 0 aliphatic heterocycles. The van der Waals surface area contributed by atoms with Gasteiger partial charge in [-0.05, 0) is 30.3 Å². The molecule has 0 saturated heterocycles. The molecule has 3 rings (SSSR count). The van der Waals surface area contributed by atoms with Crippen LogP contribution in [-0.2, 0) is 24.1 Å². The lowest BCUT2D eigenvalue weighted by Crippen LogP contribution is -2.37. The van der Waals surface area contributed by atoms with E-state index < -0.39 is 27.2 Å². The van der Waals surface area contributed by atoms with Gasteiger partial charge in [-0.15, -0.1) is 0 Å². The molecule has 0 spiro atoms. The summed E-state index contributed by atoms with van der Waals surface area (Å²) in [7, 11) is 2.04. The molecule has 0 saturated carbocycles. The number of aromatic nitrogens is 3. The summed E-state index contributed by atoms with van der Waals surface area (Å²) in [5, 5.41) is 2.72. The Bertz CT molecular complexity index is 1340. The molecule has 1 N–H and O–H groups in total. The number of hydrogen-bond donors (Lipinski definition) is 1. The number of hydrogen-bond acceptors (Lipinski definition) is 6. The number of anilines is 1. The maximum Gasteiger partial charge on any atom is 0.332 e. The summed E-state index contributed by atoms with van der Waals surface area (Å²) in [6.45, 7) is 0. The largest absolute Gasteiger partial charge is 0.332 e. The average molecular weight is 417 g/mol. The van der Waals surface area contributed by atoms with E-state index in [-0.39, 0.29) is 27.2 Å². The fourth-order valence-corrected chi connectivity index (χ4v) is 3.68. The van der Waals surface area contributed by atoms with Crippen molar-refractivity contribution >= 4 is 32.7 Å². The van der Waals surface area contributed by atoms with Crippen molar-refractivity contribution in [1.29, 1.82) is 0 Å². The van der Waals surface area contributed by atoms with Gasteiger partial charge in [0.15, 0.2) is 5.65 Å². The molecule has 0 atom stereocenters. The number of carbonyl (C=O) groups excluding carboxylic acids is 1. The molecule has 0 aliphatic carbocycles. The zero-order valence-corrected chi connectivity index (χ0v) is 17.0. The number of benzene rings is 1. The molecule has 10 nitrogen and oxygen atoms in total. The van der Waals surface area contributed by atoms with Crippen LogP contribution in [0, 0.1) is 0 Å². The van der Waals surface area contributed by atoms with Crippen LogP contribution in [-0.4, -0.2) is 46.8 Å². The van der Waals surface area contributed by atoms with Gasteiger partial charge in [-0.1, -0.05) is 0 Å².